The Labute approximate surface area is 97.7 Å². The van der Waals surface area contributed by atoms with E-state index in [1.54, 1.807) is 18.3 Å². The van der Waals surface area contributed by atoms with Crippen LogP contribution in [0.5, 0.6) is 0 Å². The number of hydrogen-bond acceptors (Lipinski definition) is 5. The van der Waals surface area contributed by atoms with Crippen LogP contribution in [0.1, 0.15) is 5.69 Å². The van der Waals surface area contributed by atoms with Gasteiger partial charge in [0, 0.05) is 6.20 Å². The third-order valence-corrected chi connectivity index (χ3v) is 2.14. The second-order valence-corrected chi connectivity index (χ2v) is 3.48. The average Bonchev–Trinajstić information content (AvgIpc) is 2.67. The normalized spacial score (nSPS) is 10.2. The number of carbonyl (C=O) groups is 1. The van der Waals surface area contributed by atoms with Crippen molar-refractivity contribution in [3.8, 4) is 0 Å². The number of nitrogen functional groups attached to an aromatic ring is 1. The van der Waals surface area contributed by atoms with Gasteiger partial charge >= 0.3 is 0 Å². The predicted molar refractivity (Wildman–Crippen MR) is 62.0 cm³/mol. The van der Waals surface area contributed by atoms with E-state index in [1.165, 1.54) is 11.0 Å². The molecule has 0 saturated carbocycles. The summed E-state index contributed by atoms with van der Waals surface area (Å²) in [7, 11) is 0. The molecule has 3 N–H and O–H groups in total. The van der Waals surface area contributed by atoms with E-state index in [9.17, 15) is 4.79 Å². The van der Waals surface area contributed by atoms with Crippen LogP contribution < -0.4 is 11.1 Å². The molecule has 2 aromatic rings. The zero-order valence-electron chi connectivity index (χ0n) is 9.29. The highest BCUT2D eigenvalue weighted by Crippen LogP contribution is 2.09. The molecular weight excluding hydrogens is 220 g/mol. The number of nitrogens with one attached hydrogen (secondary N) is 1. The van der Waals surface area contributed by atoms with E-state index in [4.69, 9.17) is 5.73 Å². The average molecular weight is 232 g/mol. The van der Waals surface area contributed by atoms with Crippen molar-refractivity contribution in [1.29, 1.82) is 0 Å². The molecule has 7 heteroatoms. The fourth-order valence-corrected chi connectivity index (χ4v) is 1.34. The van der Waals surface area contributed by atoms with Crippen LogP contribution >= 0.6 is 0 Å². The van der Waals surface area contributed by atoms with Crippen LogP contribution in [-0.2, 0) is 11.3 Å². The van der Waals surface area contributed by atoms with Gasteiger partial charge in [-0.2, -0.15) is 0 Å². The Hall–Kier alpha value is -2.44. The molecule has 2 aromatic heterocycles. The number of rotatable bonds is 3. The minimum absolute atomic E-state index is 0.0680. The minimum Gasteiger partial charge on any atom is -0.367 e. The minimum atomic E-state index is -0.203. The first-order chi connectivity index (χ1) is 8.15. The molecule has 0 aliphatic rings. The molecule has 0 fully saturated rings. The number of aromatic nitrogens is 4. The Morgan fingerprint density at radius 1 is 1.53 bits per heavy atom. The van der Waals surface area contributed by atoms with Gasteiger partial charge < -0.3 is 11.1 Å². The summed E-state index contributed by atoms with van der Waals surface area (Å²) in [6, 6.07) is 3.55. The fraction of sp³-hybridized carbons (Fsp3) is 0.200. The highest BCUT2D eigenvalue weighted by atomic mass is 16.2. The van der Waals surface area contributed by atoms with Crippen molar-refractivity contribution in [3.63, 3.8) is 0 Å². The van der Waals surface area contributed by atoms with E-state index in [1.807, 2.05) is 6.92 Å². The van der Waals surface area contributed by atoms with Crippen molar-refractivity contribution in [3.05, 3.63) is 30.4 Å². The summed E-state index contributed by atoms with van der Waals surface area (Å²) in [5, 5.41) is 6.56. The van der Waals surface area contributed by atoms with Gasteiger partial charge in [0.2, 0.25) is 11.9 Å². The maximum atomic E-state index is 11.7. The summed E-state index contributed by atoms with van der Waals surface area (Å²) in [6.45, 7) is 1.89. The van der Waals surface area contributed by atoms with Gasteiger partial charge in [-0.1, -0.05) is 0 Å². The highest BCUT2D eigenvalue weighted by molar-refractivity contribution is 5.90. The maximum Gasteiger partial charge on any atom is 0.246 e. The van der Waals surface area contributed by atoms with Crippen molar-refractivity contribution in [1.82, 2.24) is 19.7 Å². The Morgan fingerprint density at radius 2 is 2.35 bits per heavy atom. The molecule has 1 amide bonds. The van der Waals surface area contributed by atoms with Crippen molar-refractivity contribution < 1.29 is 4.79 Å². The van der Waals surface area contributed by atoms with Crippen LogP contribution in [0.25, 0.3) is 0 Å². The van der Waals surface area contributed by atoms with Crippen LogP contribution in [-0.4, -0.2) is 25.7 Å². The number of hydrogen-bond donors (Lipinski definition) is 2. The van der Waals surface area contributed by atoms with Gasteiger partial charge in [0.05, 0.1) is 11.4 Å². The number of pyridine rings is 1. The standard InChI is InChI=1S/C10H12N6O/c1-7-8(3-2-4-12-7)14-9(17)5-16-6-13-10(11)15-16/h2-4,6H,5H2,1H3,(H2,11,15)(H,14,17). The first-order valence-corrected chi connectivity index (χ1v) is 5.01. The van der Waals surface area contributed by atoms with Gasteiger partial charge in [0.25, 0.3) is 0 Å². The largest absolute Gasteiger partial charge is 0.367 e. The van der Waals surface area contributed by atoms with Crippen molar-refractivity contribution >= 4 is 17.5 Å². The van der Waals surface area contributed by atoms with Crippen molar-refractivity contribution in [2.75, 3.05) is 11.1 Å². The molecule has 0 atom stereocenters. The van der Waals surface area contributed by atoms with Gasteiger partial charge in [-0.3, -0.25) is 9.78 Å². The summed E-state index contributed by atoms with van der Waals surface area (Å²) >= 11 is 0. The molecule has 0 aromatic carbocycles. The Balaban J connectivity index is 2.01. The second kappa shape index (κ2) is 4.60. The SMILES string of the molecule is Cc1ncccc1NC(=O)Cn1cnc(N)n1. The molecule has 0 bridgehead atoms. The monoisotopic (exact) mass is 232 g/mol. The molecular formula is C10H12N6O. The van der Waals surface area contributed by atoms with E-state index in [0.717, 1.165) is 5.69 Å². The molecule has 2 heterocycles. The quantitative estimate of drug-likeness (QED) is 0.787. The van der Waals surface area contributed by atoms with Crippen molar-refractivity contribution in [2.45, 2.75) is 13.5 Å². The van der Waals surface area contributed by atoms with Gasteiger partial charge in [0.1, 0.15) is 12.9 Å². The molecule has 0 spiro atoms. The molecule has 17 heavy (non-hydrogen) atoms. The van der Waals surface area contributed by atoms with E-state index in [2.05, 4.69) is 20.4 Å². The van der Waals surface area contributed by atoms with Crippen LogP contribution in [0.4, 0.5) is 11.6 Å². The molecule has 0 aliphatic carbocycles. The van der Waals surface area contributed by atoms with E-state index < -0.39 is 0 Å². The fourth-order valence-electron chi connectivity index (χ4n) is 1.34. The van der Waals surface area contributed by atoms with Gasteiger partial charge in [0.15, 0.2) is 0 Å². The molecule has 0 radical (unpaired) electrons. The number of carbonyl (C=O) groups excluding carboxylic acids is 1. The third kappa shape index (κ3) is 2.77. The Morgan fingerprint density at radius 3 is 3.00 bits per heavy atom. The number of aryl methyl sites for hydroxylation is 1. The second-order valence-electron chi connectivity index (χ2n) is 3.48. The van der Waals surface area contributed by atoms with E-state index in [0.29, 0.717) is 5.69 Å². The summed E-state index contributed by atoms with van der Waals surface area (Å²) in [4.78, 5) is 19.5. The van der Waals surface area contributed by atoms with Gasteiger partial charge in [-0.15, -0.1) is 5.10 Å². The van der Waals surface area contributed by atoms with E-state index >= 15 is 0 Å². The van der Waals surface area contributed by atoms with Crippen LogP contribution in [0.2, 0.25) is 0 Å². The molecule has 88 valence electrons. The third-order valence-electron chi connectivity index (χ3n) is 2.14. The number of nitrogens with zero attached hydrogens (tertiary/aromatic N) is 4. The van der Waals surface area contributed by atoms with Crippen LogP contribution in [0, 0.1) is 6.92 Å². The first kappa shape index (κ1) is 11.1. The lowest BCUT2D eigenvalue weighted by Crippen LogP contribution is -2.19. The summed E-state index contributed by atoms with van der Waals surface area (Å²) in [6.07, 6.45) is 3.08. The first-order valence-electron chi connectivity index (χ1n) is 5.01. The molecule has 2 rings (SSSR count). The highest BCUT2D eigenvalue weighted by Gasteiger charge is 2.06. The Kier molecular flexibility index (Phi) is 2.99. The summed E-state index contributed by atoms with van der Waals surface area (Å²) in [5.74, 6) is -0.0543. The molecule has 0 aliphatic heterocycles. The maximum absolute atomic E-state index is 11.7. The molecule has 0 unspecified atom stereocenters. The number of nitrogens with two attached hydrogens (primary N) is 1. The van der Waals surface area contributed by atoms with Gasteiger partial charge in [-0.05, 0) is 19.1 Å². The van der Waals surface area contributed by atoms with Gasteiger partial charge in [-0.25, -0.2) is 9.67 Å². The molecule has 0 saturated heterocycles. The topological polar surface area (TPSA) is 98.7 Å². The summed E-state index contributed by atoms with van der Waals surface area (Å²) in [5.41, 5.74) is 6.79. The van der Waals surface area contributed by atoms with E-state index in [-0.39, 0.29) is 18.4 Å². The predicted octanol–water partition coefficient (Wildman–Crippen LogP) is 0.202. The lowest BCUT2D eigenvalue weighted by atomic mass is 10.3. The zero-order valence-corrected chi connectivity index (χ0v) is 9.29. The van der Waals surface area contributed by atoms with Crippen LogP contribution in [0.3, 0.4) is 0 Å². The lowest BCUT2D eigenvalue weighted by Gasteiger charge is -2.06. The smallest absolute Gasteiger partial charge is 0.246 e. The lowest BCUT2D eigenvalue weighted by molar-refractivity contribution is -0.116. The number of anilines is 2. The van der Waals surface area contributed by atoms with Crippen molar-refractivity contribution in [2.24, 2.45) is 0 Å². The number of amides is 1. The zero-order chi connectivity index (χ0) is 12.3. The van der Waals surface area contributed by atoms with Crippen LogP contribution in [0.15, 0.2) is 24.7 Å². The molecule has 7 nitrogen and oxygen atoms in total. The summed E-state index contributed by atoms with van der Waals surface area (Å²) < 4.78 is 1.37. The Bertz CT molecular complexity index is 535.